The van der Waals surface area contributed by atoms with Crippen LogP contribution in [0.1, 0.15) is 44.9 Å². The molecule has 1 spiro atoms. The van der Waals surface area contributed by atoms with Crippen LogP contribution in [0.4, 0.5) is 0 Å². The molecule has 0 heterocycles. The smallest absolute Gasteiger partial charge is 0.0268 e. The number of halogens is 1. The van der Waals surface area contributed by atoms with Crippen molar-refractivity contribution < 1.29 is 0 Å². The summed E-state index contributed by atoms with van der Waals surface area (Å²) in [6.07, 6.45) is 10.1. The van der Waals surface area contributed by atoms with Gasteiger partial charge >= 0.3 is 0 Å². The van der Waals surface area contributed by atoms with Crippen molar-refractivity contribution in [1.29, 1.82) is 0 Å². The lowest BCUT2D eigenvalue weighted by Crippen LogP contribution is -2.40. The van der Waals surface area contributed by atoms with E-state index in [4.69, 9.17) is 0 Å². The first-order valence-corrected chi connectivity index (χ1v) is 6.59. The summed E-state index contributed by atoms with van der Waals surface area (Å²) >= 11 is 3.42. The van der Waals surface area contributed by atoms with Gasteiger partial charge in [0.2, 0.25) is 0 Å². The van der Waals surface area contributed by atoms with Gasteiger partial charge in [-0.3, -0.25) is 0 Å². The van der Waals surface area contributed by atoms with Crippen molar-refractivity contribution in [1.82, 2.24) is 5.32 Å². The maximum atomic E-state index is 3.89. The van der Waals surface area contributed by atoms with Gasteiger partial charge in [0, 0.05) is 17.1 Å². The van der Waals surface area contributed by atoms with Crippen LogP contribution in [0, 0.1) is 5.41 Å². The molecule has 80 valence electrons. The molecule has 1 N–H and O–H groups in total. The van der Waals surface area contributed by atoms with Crippen molar-refractivity contribution in [3.05, 3.63) is 11.1 Å². The highest BCUT2D eigenvalue weighted by molar-refractivity contribution is 9.11. The van der Waals surface area contributed by atoms with Crippen LogP contribution in [0.3, 0.4) is 0 Å². The Labute approximate surface area is 95.5 Å². The number of nitrogens with one attached hydrogen (secondary N) is 1. The molecule has 0 bridgehead atoms. The lowest BCUT2D eigenvalue weighted by molar-refractivity contribution is 0.237. The Morgan fingerprint density at radius 3 is 2.57 bits per heavy atom. The fourth-order valence-electron chi connectivity index (χ4n) is 3.37. The molecule has 2 aliphatic carbocycles. The molecule has 2 rings (SSSR count). The van der Waals surface area contributed by atoms with Gasteiger partial charge < -0.3 is 5.32 Å². The zero-order valence-electron chi connectivity index (χ0n) is 8.82. The maximum absolute atomic E-state index is 3.89. The van der Waals surface area contributed by atoms with Gasteiger partial charge in [-0.1, -0.05) is 41.8 Å². The molecule has 2 aliphatic rings. The quantitative estimate of drug-likeness (QED) is 0.815. The number of hydrogen-bond donors (Lipinski definition) is 1. The zero-order valence-corrected chi connectivity index (χ0v) is 10.4. The van der Waals surface area contributed by atoms with Crippen molar-refractivity contribution in [2.45, 2.75) is 51.0 Å². The van der Waals surface area contributed by atoms with E-state index in [2.05, 4.69) is 27.8 Å². The molecule has 1 nitrogen and oxygen atoms in total. The minimum atomic E-state index is 0.669. The Morgan fingerprint density at radius 2 is 1.93 bits per heavy atom. The molecule has 0 amide bonds. The number of hydrogen-bond acceptors (Lipinski definition) is 1. The van der Waals surface area contributed by atoms with Crippen LogP contribution >= 0.6 is 15.9 Å². The molecular weight excluding hydrogens is 238 g/mol. The molecule has 0 aromatic rings. The van der Waals surface area contributed by atoms with Crippen LogP contribution in [0.5, 0.6) is 0 Å². The van der Waals surface area contributed by atoms with Crippen LogP contribution in [0.15, 0.2) is 11.1 Å². The maximum Gasteiger partial charge on any atom is 0.0268 e. The van der Waals surface area contributed by atoms with E-state index in [9.17, 15) is 0 Å². The molecule has 0 radical (unpaired) electrons. The lowest BCUT2D eigenvalue weighted by Gasteiger charge is -2.32. The average Bonchev–Trinajstić information content (AvgIpc) is 2.74. The topological polar surface area (TPSA) is 12.0 Å². The summed E-state index contributed by atoms with van der Waals surface area (Å²) in [6.45, 7) is 4.82. The first-order chi connectivity index (χ1) is 6.73. The van der Waals surface area contributed by atoms with Crippen LogP contribution in [0.25, 0.3) is 0 Å². The van der Waals surface area contributed by atoms with Crippen LogP contribution in [-0.4, -0.2) is 12.6 Å². The Balaban J connectivity index is 1.93. The van der Waals surface area contributed by atoms with Crippen molar-refractivity contribution >= 4 is 15.9 Å². The molecule has 14 heavy (non-hydrogen) atoms. The van der Waals surface area contributed by atoms with E-state index in [1.54, 1.807) is 0 Å². The number of rotatable bonds is 3. The van der Waals surface area contributed by atoms with Gasteiger partial charge in [0.1, 0.15) is 0 Å². The van der Waals surface area contributed by atoms with Crippen molar-refractivity contribution in [3.8, 4) is 0 Å². The molecule has 0 aliphatic heterocycles. The highest BCUT2D eigenvalue weighted by atomic mass is 79.9. The average molecular weight is 258 g/mol. The lowest BCUT2D eigenvalue weighted by atomic mass is 9.81. The van der Waals surface area contributed by atoms with Gasteiger partial charge in [-0.15, -0.1) is 0 Å². The van der Waals surface area contributed by atoms with Crippen LogP contribution in [-0.2, 0) is 0 Å². The Morgan fingerprint density at radius 1 is 1.29 bits per heavy atom. The summed E-state index contributed by atoms with van der Waals surface area (Å²) in [4.78, 5) is 0. The predicted molar refractivity (Wildman–Crippen MR) is 64.6 cm³/mol. The van der Waals surface area contributed by atoms with Gasteiger partial charge in [0.05, 0.1) is 0 Å². The summed E-state index contributed by atoms with van der Waals surface area (Å²) in [5, 5.41) is 3.67. The van der Waals surface area contributed by atoms with Gasteiger partial charge in [-0.05, 0) is 31.1 Å². The van der Waals surface area contributed by atoms with Gasteiger partial charge in [0.25, 0.3) is 0 Å². The third kappa shape index (κ3) is 2.06. The monoisotopic (exact) mass is 257 g/mol. The first-order valence-electron chi connectivity index (χ1n) is 5.80. The van der Waals surface area contributed by atoms with E-state index < -0.39 is 0 Å². The SMILES string of the molecule is C=C(Br)CNC1CCCC12CCCC2. The Hall–Kier alpha value is 0.180. The van der Waals surface area contributed by atoms with E-state index in [1.165, 1.54) is 44.9 Å². The second kappa shape index (κ2) is 4.36. The van der Waals surface area contributed by atoms with E-state index in [0.717, 1.165) is 17.1 Å². The molecule has 2 heteroatoms. The highest BCUT2D eigenvalue weighted by Gasteiger charge is 2.43. The molecular formula is C12H20BrN. The van der Waals surface area contributed by atoms with E-state index in [0.29, 0.717) is 5.41 Å². The molecule has 0 saturated heterocycles. The second-order valence-electron chi connectivity index (χ2n) is 4.91. The summed E-state index contributed by atoms with van der Waals surface area (Å²) in [5.41, 5.74) is 0.669. The van der Waals surface area contributed by atoms with Gasteiger partial charge in [0.15, 0.2) is 0 Å². The summed E-state index contributed by atoms with van der Waals surface area (Å²) in [5.74, 6) is 0. The molecule has 2 fully saturated rings. The van der Waals surface area contributed by atoms with Crippen molar-refractivity contribution in [2.75, 3.05) is 6.54 Å². The van der Waals surface area contributed by atoms with Gasteiger partial charge in [-0.2, -0.15) is 0 Å². The fourth-order valence-corrected chi connectivity index (χ4v) is 3.53. The molecule has 0 aromatic carbocycles. The first kappa shape index (κ1) is 10.7. The molecule has 1 atom stereocenters. The van der Waals surface area contributed by atoms with E-state index in [1.807, 2.05) is 0 Å². The fraction of sp³-hybridized carbons (Fsp3) is 0.833. The van der Waals surface area contributed by atoms with E-state index >= 15 is 0 Å². The molecule has 1 unspecified atom stereocenters. The Kier molecular flexibility index (Phi) is 3.33. The second-order valence-corrected chi connectivity index (χ2v) is 6.03. The minimum absolute atomic E-state index is 0.669. The summed E-state index contributed by atoms with van der Waals surface area (Å²) in [7, 11) is 0. The van der Waals surface area contributed by atoms with Crippen molar-refractivity contribution in [2.24, 2.45) is 5.41 Å². The molecule has 0 aromatic heterocycles. The van der Waals surface area contributed by atoms with Crippen molar-refractivity contribution in [3.63, 3.8) is 0 Å². The third-order valence-electron chi connectivity index (χ3n) is 4.05. The Bertz CT molecular complexity index is 213. The van der Waals surface area contributed by atoms with Gasteiger partial charge in [-0.25, -0.2) is 0 Å². The van der Waals surface area contributed by atoms with Crippen LogP contribution < -0.4 is 5.32 Å². The highest BCUT2D eigenvalue weighted by Crippen LogP contribution is 2.50. The predicted octanol–water partition coefficient (Wildman–Crippen LogP) is 3.60. The normalized spacial score (nSPS) is 29.9. The summed E-state index contributed by atoms with van der Waals surface area (Å²) in [6, 6.07) is 0.763. The zero-order chi connectivity index (χ0) is 10.0. The standard InChI is InChI=1S/C12H20BrN/c1-10(13)9-14-11-5-4-8-12(11)6-2-3-7-12/h11,14H,1-9H2. The largest absolute Gasteiger partial charge is 0.309 e. The third-order valence-corrected chi connectivity index (χ3v) is 4.33. The van der Waals surface area contributed by atoms with E-state index in [-0.39, 0.29) is 0 Å². The van der Waals surface area contributed by atoms with Crippen LogP contribution in [0.2, 0.25) is 0 Å². The molecule has 2 saturated carbocycles. The summed E-state index contributed by atoms with van der Waals surface area (Å²) < 4.78 is 1.08. The minimum Gasteiger partial charge on any atom is -0.309 e.